The molecule has 1 saturated heterocycles. The van der Waals surface area contributed by atoms with Crippen LogP contribution >= 0.6 is 11.3 Å². The summed E-state index contributed by atoms with van der Waals surface area (Å²) in [6.45, 7) is 2.11. The van der Waals surface area contributed by atoms with Crippen LogP contribution in [0.1, 0.15) is 40.3 Å². The first-order valence-electron chi connectivity index (χ1n) is 10.9. The highest BCUT2D eigenvalue weighted by Gasteiger charge is 2.37. The lowest BCUT2D eigenvalue weighted by Gasteiger charge is -2.21. The molecule has 36 heavy (non-hydrogen) atoms. The number of amides is 1. The molecule has 1 amide bonds. The molecule has 3 heterocycles. The van der Waals surface area contributed by atoms with Crippen molar-refractivity contribution >= 4 is 17.2 Å². The standard InChI is InChI=1S/C24H18F4N4O3S/c1-13-29-19(20(36-13)14-7-2-4-9-16(14)25)23(33)32-12-6-10-17(32)22-31-30-21(34-22)15-8-3-5-11-18(15)35-24(26,27)28/h2-5,7-9,11,17H,6,10,12H2,1H3. The first kappa shape index (κ1) is 23.9. The molecule has 12 heteroatoms. The van der Waals surface area contributed by atoms with E-state index in [-0.39, 0.29) is 28.6 Å². The van der Waals surface area contributed by atoms with E-state index in [0.29, 0.717) is 29.3 Å². The van der Waals surface area contributed by atoms with Crippen molar-refractivity contribution in [3.05, 3.63) is 70.9 Å². The Morgan fingerprint density at radius 3 is 2.58 bits per heavy atom. The predicted molar refractivity (Wildman–Crippen MR) is 122 cm³/mol. The third-order valence-corrected chi connectivity index (χ3v) is 6.64. The first-order valence-corrected chi connectivity index (χ1v) is 11.7. The Morgan fingerprint density at radius 1 is 1.11 bits per heavy atom. The van der Waals surface area contributed by atoms with Crippen LogP contribution < -0.4 is 4.74 Å². The maximum Gasteiger partial charge on any atom is 0.573 e. The Labute approximate surface area is 206 Å². The van der Waals surface area contributed by atoms with Gasteiger partial charge in [0.15, 0.2) is 0 Å². The van der Waals surface area contributed by atoms with Crippen molar-refractivity contribution < 1.29 is 31.5 Å². The van der Waals surface area contributed by atoms with Crippen molar-refractivity contribution in [2.75, 3.05) is 6.54 Å². The van der Waals surface area contributed by atoms with E-state index in [1.807, 2.05) is 0 Å². The van der Waals surface area contributed by atoms with Crippen molar-refractivity contribution in [3.8, 4) is 27.6 Å². The van der Waals surface area contributed by atoms with Crippen molar-refractivity contribution in [3.63, 3.8) is 0 Å². The minimum absolute atomic E-state index is 0.0265. The zero-order valence-electron chi connectivity index (χ0n) is 18.8. The summed E-state index contributed by atoms with van der Waals surface area (Å²) in [7, 11) is 0. The maximum atomic E-state index is 14.5. The molecule has 1 aliphatic heterocycles. The van der Waals surface area contributed by atoms with Gasteiger partial charge in [-0.3, -0.25) is 4.79 Å². The number of rotatable bonds is 5. The van der Waals surface area contributed by atoms with Gasteiger partial charge < -0.3 is 14.1 Å². The predicted octanol–water partition coefficient (Wildman–Crippen LogP) is 6.18. The molecule has 1 atom stereocenters. The van der Waals surface area contributed by atoms with Gasteiger partial charge >= 0.3 is 6.36 Å². The Hall–Kier alpha value is -3.80. The molecule has 1 unspecified atom stereocenters. The number of aryl methyl sites for hydroxylation is 1. The number of halogens is 4. The van der Waals surface area contributed by atoms with Crippen LogP contribution in [0.25, 0.3) is 21.9 Å². The van der Waals surface area contributed by atoms with E-state index < -0.39 is 29.9 Å². The second-order valence-corrected chi connectivity index (χ2v) is 9.24. The zero-order chi connectivity index (χ0) is 25.4. The summed E-state index contributed by atoms with van der Waals surface area (Å²) in [5, 5.41) is 8.52. The number of alkyl halides is 3. The average Bonchev–Trinajstić information content (AvgIpc) is 3.57. The molecule has 0 saturated carbocycles. The third kappa shape index (κ3) is 4.68. The summed E-state index contributed by atoms with van der Waals surface area (Å²) < 4.78 is 62.7. The van der Waals surface area contributed by atoms with Crippen molar-refractivity contribution in [1.29, 1.82) is 0 Å². The minimum Gasteiger partial charge on any atom is -0.418 e. The van der Waals surface area contributed by atoms with E-state index in [4.69, 9.17) is 4.42 Å². The van der Waals surface area contributed by atoms with Gasteiger partial charge in [0.1, 0.15) is 23.3 Å². The molecular weight excluding hydrogens is 500 g/mol. The number of carbonyl (C=O) groups excluding carboxylic acids is 1. The molecule has 0 aliphatic carbocycles. The first-order chi connectivity index (χ1) is 17.2. The highest BCUT2D eigenvalue weighted by Crippen LogP contribution is 2.39. The summed E-state index contributed by atoms with van der Waals surface area (Å²) in [6.07, 6.45) is -3.75. The number of benzene rings is 2. The van der Waals surface area contributed by atoms with Crippen LogP contribution in [0.15, 0.2) is 52.9 Å². The summed E-state index contributed by atoms with van der Waals surface area (Å²) in [6, 6.07) is 11.0. The van der Waals surface area contributed by atoms with Gasteiger partial charge in [-0.05, 0) is 38.0 Å². The molecule has 4 aromatic rings. The number of hydrogen-bond acceptors (Lipinski definition) is 7. The molecule has 1 aliphatic rings. The Bertz CT molecular complexity index is 1420. The van der Waals surface area contributed by atoms with Gasteiger partial charge in [-0.2, -0.15) is 0 Å². The van der Waals surface area contributed by atoms with Crippen LogP contribution in [0.4, 0.5) is 17.6 Å². The van der Waals surface area contributed by atoms with Crippen LogP contribution in [-0.2, 0) is 0 Å². The lowest BCUT2D eigenvalue weighted by Crippen LogP contribution is -2.31. The normalized spacial score (nSPS) is 15.9. The fraction of sp³-hybridized carbons (Fsp3) is 0.250. The van der Waals surface area contributed by atoms with Gasteiger partial charge in [0.25, 0.3) is 11.8 Å². The molecule has 5 rings (SSSR count). The summed E-state index contributed by atoms with van der Waals surface area (Å²) in [5.74, 6) is -1.44. The molecule has 1 fully saturated rings. The van der Waals surface area contributed by atoms with E-state index >= 15 is 0 Å². The SMILES string of the molecule is Cc1nc(C(=O)N2CCCC2c2nnc(-c3ccccc3OC(F)(F)F)o2)c(-c2ccccc2F)s1. The van der Waals surface area contributed by atoms with E-state index in [1.54, 1.807) is 25.1 Å². The number of hydrogen-bond donors (Lipinski definition) is 0. The Balaban J connectivity index is 1.45. The topological polar surface area (TPSA) is 81.4 Å². The maximum absolute atomic E-state index is 14.5. The van der Waals surface area contributed by atoms with Crippen molar-refractivity contribution in [2.24, 2.45) is 0 Å². The number of nitrogens with zero attached hydrogens (tertiary/aromatic N) is 4. The van der Waals surface area contributed by atoms with Gasteiger partial charge in [-0.25, -0.2) is 9.37 Å². The molecular formula is C24H18F4N4O3S. The van der Waals surface area contributed by atoms with Gasteiger partial charge in [-0.15, -0.1) is 34.7 Å². The van der Waals surface area contributed by atoms with E-state index in [2.05, 4.69) is 19.9 Å². The van der Waals surface area contributed by atoms with Crippen LogP contribution in [0, 0.1) is 12.7 Å². The largest absolute Gasteiger partial charge is 0.573 e. The zero-order valence-corrected chi connectivity index (χ0v) is 19.6. The molecule has 186 valence electrons. The quantitative estimate of drug-likeness (QED) is 0.294. The summed E-state index contributed by atoms with van der Waals surface area (Å²) in [4.78, 5) is 19.9. The highest BCUT2D eigenvalue weighted by molar-refractivity contribution is 7.15. The monoisotopic (exact) mass is 518 g/mol. The molecule has 7 nitrogen and oxygen atoms in total. The molecule has 2 aromatic carbocycles. The van der Waals surface area contributed by atoms with E-state index in [1.165, 1.54) is 40.5 Å². The Kier molecular flexibility index (Phi) is 6.20. The molecule has 0 bridgehead atoms. The van der Waals surface area contributed by atoms with Gasteiger partial charge in [0.05, 0.1) is 15.4 Å². The summed E-state index contributed by atoms with van der Waals surface area (Å²) >= 11 is 1.22. The lowest BCUT2D eigenvalue weighted by molar-refractivity contribution is -0.274. The van der Waals surface area contributed by atoms with Crippen LogP contribution in [-0.4, -0.2) is 38.9 Å². The minimum atomic E-state index is -4.89. The van der Waals surface area contributed by atoms with Gasteiger partial charge in [-0.1, -0.05) is 30.3 Å². The van der Waals surface area contributed by atoms with Crippen molar-refractivity contribution in [1.82, 2.24) is 20.1 Å². The van der Waals surface area contributed by atoms with Crippen molar-refractivity contribution in [2.45, 2.75) is 32.2 Å². The second-order valence-electron chi connectivity index (χ2n) is 8.04. The fourth-order valence-corrected chi connectivity index (χ4v) is 5.08. The summed E-state index contributed by atoms with van der Waals surface area (Å²) in [5.41, 5.74) is 0.378. The number of aromatic nitrogens is 3. The molecule has 0 N–H and O–H groups in total. The molecule has 2 aromatic heterocycles. The number of carbonyl (C=O) groups is 1. The van der Waals surface area contributed by atoms with Gasteiger partial charge in [0, 0.05) is 12.1 Å². The third-order valence-electron chi connectivity index (χ3n) is 5.64. The smallest absolute Gasteiger partial charge is 0.418 e. The van der Waals surface area contributed by atoms with Crippen LogP contribution in [0.2, 0.25) is 0 Å². The number of para-hydroxylation sites is 1. The number of thiazole rings is 1. The van der Waals surface area contributed by atoms with E-state index in [9.17, 15) is 22.4 Å². The number of ether oxygens (including phenoxy) is 1. The van der Waals surface area contributed by atoms with Gasteiger partial charge in [0.2, 0.25) is 5.89 Å². The lowest BCUT2D eigenvalue weighted by atomic mass is 10.1. The van der Waals surface area contributed by atoms with E-state index in [0.717, 1.165) is 6.07 Å². The van der Waals surface area contributed by atoms with Crippen LogP contribution in [0.5, 0.6) is 5.75 Å². The molecule has 0 spiro atoms. The number of likely N-dealkylation sites (tertiary alicyclic amines) is 1. The van der Waals surface area contributed by atoms with Crippen LogP contribution in [0.3, 0.4) is 0 Å². The average molecular weight is 518 g/mol. The fourth-order valence-electron chi connectivity index (χ4n) is 4.14. The molecule has 0 radical (unpaired) electrons. The highest BCUT2D eigenvalue weighted by atomic mass is 32.1. The second kappa shape index (κ2) is 9.34. The Morgan fingerprint density at radius 2 is 1.83 bits per heavy atom.